The number of nitrogens with zero attached hydrogens (tertiary/aromatic N) is 1. The molecular weight excluding hydrogens is 326 g/mol. The van der Waals surface area contributed by atoms with Gasteiger partial charge in [-0.2, -0.15) is 4.31 Å². The molecule has 19 heavy (non-hydrogen) atoms. The van der Waals surface area contributed by atoms with E-state index in [1.165, 1.54) is 0 Å². The van der Waals surface area contributed by atoms with E-state index in [1.807, 2.05) is 6.92 Å². The van der Waals surface area contributed by atoms with E-state index in [9.17, 15) is 8.42 Å². The molecule has 0 spiro atoms. The summed E-state index contributed by atoms with van der Waals surface area (Å²) in [6.07, 6.45) is 0.965. The van der Waals surface area contributed by atoms with E-state index >= 15 is 0 Å². The molecule has 0 bridgehead atoms. The summed E-state index contributed by atoms with van der Waals surface area (Å²) in [5.74, 6) is 1.01. The topological polar surface area (TPSA) is 37.4 Å². The van der Waals surface area contributed by atoms with Gasteiger partial charge in [-0.05, 0) is 48.9 Å². The van der Waals surface area contributed by atoms with Crippen LogP contribution in [-0.2, 0) is 10.0 Å². The van der Waals surface area contributed by atoms with Crippen molar-refractivity contribution < 1.29 is 8.42 Å². The van der Waals surface area contributed by atoms with E-state index in [1.54, 1.807) is 22.5 Å². The van der Waals surface area contributed by atoms with Gasteiger partial charge in [-0.3, -0.25) is 0 Å². The lowest BCUT2D eigenvalue weighted by Gasteiger charge is -2.18. The van der Waals surface area contributed by atoms with Gasteiger partial charge in [-0.15, -0.1) is 0 Å². The number of hydrogen-bond donors (Lipinski definition) is 0. The molecule has 106 valence electrons. The summed E-state index contributed by atoms with van der Waals surface area (Å²) < 4.78 is 27.7. The Hall–Kier alpha value is -0.390. The summed E-state index contributed by atoms with van der Waals surface area (Å²) in [5.41, 5.74) is 0.945. The lowest BCUT2D eigenvalue weighted by molar-refractivity contribution is 0.388. The first kappa shape index (κ1) is 15.0. The Morgan fingerprint density at radius 1 is 1.37 bits per heavy atom. The summed E-state index contributed by atoms with van der Waals surface area (Å²) in [4.78, 5) is 0.401. The van der Waals surface area contributed by atoms with Gasteiger partial charge >= 0.3 is 0 Å². The Balaban J connectivity index is 2.26. The summed E-state index contributed by atoms with van der Waals surface area (Å²) in [6.45, 7) is 7.51. The van der Waals surface area contributed by atoms with Crippen LogP contribution >= 0.6 is 15.9 Å². The van der Waals surface area contributed by atoms with Gasteiger partial charge in [0.05, 0.1) is 4.90 Å². The van der Waals surface area contributed by atoms with Crippen molar-refractivity contribution in [2.75, 3.05) is 13.1 Å². The van der Waals surface area contributed by atoms with Crippen LogP contribution in [0.25, 0.3) is 0 Å². The number of halogens is 1. The van der Waals surface area contributed by atoms with E-state index in [-0.39, 0.29) is 0 Å². The third-order valence-corrected chi connectivity index (χ3v) is 6.65. The smallest absolute Gasteiger partial charge is 0.207 e. The van der Waals surface area contributed by atoms with Crippen LogP contribution in [0.1, 0.15) is 25.8 Å². The Labute approximate surface area is 124 Å². The molecule has 1 saturated heterocycles. The van der Waals surface area contributed by atoms with Crippen molar-refractivity contribution in [1.82, 2.24) is 4.31 Å². The van der Waals surface area contributed by atoms with E-state index in [0.29, 0.717) is 29.8 Å². The van der Waals surface area contributed by atoms with Crippen molar-refractivity contribution in [3.8, 4) is 0 Å². The third-order valence-electron chi connectivity index (χ3n) is 3.90. The average Bonchev–Trinajstić information content (AvgIpc) is 2.82. The summed E-state index contributed by atoms with van der Waals surface area (Å²) >= 11 is 3.40. The Morgan fingerprint density at radius 3 is 2.58 bits per heavy atom. The highest BCUT2D eigenvalue weighted by Crippen LogP contribution is 2.29. The van der Waals surface area contributed by atoms with E-state index < -0.39 is 10.0 Å². The largest absolute Gasteiger partial charge is 0.243 e. The van der Waals surface area contributed by atoms with Crippen molar-refractivity contribution >= 4 is 26.0 Å². The highest BCUT2D eigenvalue weighted by atomic mass is 79.9. The standard InChI is InChI=1S/C14H20BrNO2S/c1-10(2)12-6-7-16(9-12)19(17,18)13-4-5-14(15)11(3)8-13/h4-5,8,10,12H,6-7,9H2,1-3H3. The maximum absolute atomic E-state index is 12.6. The molecule has 5 heteroatoms. The molecule has 0 N–H and O–H groups in total. The first-order valence-corrected chi connectivity index (χ1v) is 8.82. The fourth-order valence-corrected chi connectivity index (χ4v) is 4.29. The van der Waals surface area contributed by atoms with Gasteiger partial charge in [0, 0.05) is 17.6 Å². The fourth-order valence-electron chi connectivity index (χ4n) is 2.44. The number of aryl methyl sites for hydroxylation is 1. The second kappa shape index (κ2) is 5.54. The van der Waals surface area contributed by atoms with Gasteiger partial charge in [-0.1, -0.05) is 29.8 Å². The molecule has 0 radical (unpaired) electrons. The normalized spacial score (nSPS) is 21.2. The maximum Gasteiger partial charge on any atom is 0.243 e. The van der Waals surface area contributed by atoms with Crippen molar-refractivity contribution in [2.24, 2.45) is 11.8 Å². The van der Waals surface area contributed by atoms with Crippen LogP contribution in [0.4, 0.5) is 0 Å². The van der Waals surface area contributed by atoms with Crippen LogP contribution < -0.4 is 0 Å². The molecule has 0 aromatic heterocycles. The second-order valence-corrected chi connectivity index (χ2v) is 8.36. The molecule has 1 atom stereocenters. The van der Waals surface area contributed by atoms with Gasteiger partial charge < -0.3 is 0 Å². The van der Waals surface area contributed by atoms with Crippen molar-refractivity contribution in [2.45, 2.75) is 32.1 Å². The van der Waals surface area contributed by atoms with Gasteiger partial charge in [-0.25, -0.2) is 8.42 Å². The minimum Gasteiger partial charge on any atom is -0.207 e. The van der Waals surface area contributed by atoms with Crippen molar-refractivity contribution in [3.05, 3.63) is 28.2 Å². The molecule has 1 aliphatic rings. The Bertz CT molecular complexity index is 569. The number of rotatable bonds is 3. The number of benzene rings is 1. The van der Waals surface area contributed by atoms with E-state index in [4.69, 9.17) is 0 Å². The van der Waals surface area contributed by atoms with Crippen LogP contribution in [-0.4, -0.2) is 25.8 Å². The first-order valence-electron chi connectivity index (χ1n) is 6.58. The maximum atomic E-state index is 12.6. The molecule has 1 heterocycles. The van der Waals surface area contributed by atoms with Gasteiger partial charge in [0.15, 0.2) is 0 Å². The predicted octanol–water partition coefficient (Wildman–Crippen LogP) is 3.42. The molecule has 0 saturated carbocycles. The summed E-state index contributed by atoms with van der Waals surface area (Å²) in [6, 6.07) is 5.22. The summed E-state index contributed by atoms with van der Waals surface area (Å²) in [5, 5.41) is 0. The minimum atomic E-state index is -3.33. The second-order valence-electron chi connectivity index (χ2n) is 5.57. The van der Waals surface area contributed by atoms with Gasteiger partial charge in [0.2, 0.25) is 10.0 Å². The summed E-state index contributed by atoms with van der Waals surface area (Å²) in [7, 11) is -3.33. The zero-order valence-electron chi connectivity index (χ0n) is 11.6. The fraction of sp³-hybridized carbons (Fsp3) is 0.571. The minimum absolute atomic E-state index is 0.401. The van der Waals surface area contributed by atoms with Crippen molar-refractivity contribution in [1.29, 1.82) is 0 Å². The zero-order chi connectivity index (χ0) is 14.2. The van der Waals surface area contributed by atoms with Gasteiger partial charge in [0.25, 0.3) is 0 Å². The highest BCUT2D eigenvalue weighted by molar-refractivity contribution is 9.10. The Morgan fingerprint density at radius 2 is 2.05 bits per heavy atom. The average molecular weight is 346 g/mol. The lowest BCUT2D eigenvalue weighted by atomic mass is 9.96. The zero-order valence-corrected chi connectivity index (χ0v) is 14.0. The molecule has 1 aromatic carbocycles. The molecular formula is C14H20BrNO2S. The quantitative estimate of drug-likeness (QED) is 0.841. The van der Waals surface area contributed by atoms with Crippen LogP contribution in [0.15, 0.2) is 27.6 Å². The molecule has 1 aromatic rings. The molecule has 3 nitrogen and oxygen atoms in total. The SMILES string of the molecule is Cc1cc(S(=O)(=O)N2CCC(C(C)C)C2)ccc1Br. The molecule has 1 fully saturated rings. The van der Waals surface area contributed by atoms with Crippen LogP contribution in [0.5, 0.6) is 0 Å². The lowest BCUT2D eigenvalue weighted by Crippen LogP contribution is -2.29. The van der Waals surface area contributed by atoms with E-state index in [0.717, 1.165) is 16.5 Å². The highest BCUT2D eigenvalue weighted by Gasteiger charge is 2.33. The molecule has 0 aliphatic carbocycles. The molecule has 1 aliphatic heterocycles. The van der Waals surface area contributed by atoms with Crippen LogP contribution in [0, 0.1) is 18.8 Å². The third kappa shape index (κ3) is 3.03. The Kier molecular flexibility index (Phi) is 4.38. The number of hydrogen-bond acceptors (Lipinski definition) is 2. The molecule has 1 unspecified atom stereocenters. The monoisotopic (exact) mass is 345 g/mol. The van der Waals surface area contributed by atoms with E-state index in [2.05, 4.69) is 29.8 Å². The predicted molar refractivity (Wildman–Crippen MR) is 80.6 cm³/mol. The van der Waals surface area contributed by atoms with Crippen LogP contribution in [0.3, 0.4) is 0 Å². The van der Waals surface area contributed by atoms with Crippen LogP contribution in [0.2, 0.25) is 0 Å². The number of sulfonamides is 1. The first-order chi connectivity index (χ1) is 8.82. The van der Waals surface area contributed by atoms with Gasteiger partial charge in [0.1, 0.15) is 0 Å². The van der Waals surface area contributed by atoms with Crippen molar-refractivity contribution in [3.63, 3.8) is 0 Å². The molecule has 2 rings (SSSR count). The molecule has 0 amide bonds.